The minimum absolute atomic E-state index is 0.351. The van der Waals surface area contributed by atoms with Crippen LogP contribution >= 0.6 is 0 Å². The van der Waals surface area contributed by atoms with Crippen molar-refractivity contribution in [3.8, 4) is 0 Å². The van der Waals surface area contributed by atoms with Gasteiger partial charge in [0.25, 0.3) is 0 Å². The van der Waals surface area contributed by atoms with Gasteiger partial charge in [-0.15, -0.1) is 0 Å². The summed E-state index contributed by atoms with van der Waals surface area (Å²) in [6.07, 6.45) is 3.11. The number of anilines is 2. The number of nitrogens with two attached hydrogens (primary N) is 1. The third-order valence-corrected chi connectivity index (χ3v) is 4.16. The van der Waals surface area contributed by atoms with Crippen LogP contribution in [-0.2, 0) is 0 Å². The van der Waals surface area contributed by atoms with Crippen molar-refractivity contribution in [1.82, 2.24) is 19.9 Å². The molecule has 3 rings (SSSR count). The molecule has 7 nitrogen and oxygen atoms in total. The third kappa shape index (κ3) is 2.95. The molecule has 7 heteroatoms. The monoisotopic (exact) mass is 302 g/mol. The first-order chi connectivity index (χ1) is 10.5. The fourth-order valence-electron chi connectivity index (χ4n) is 2.86. The Morgan fingerprint density at radius 1 is 1.36 bits per heavy atom. The number of rotatable bonds is 3. The summed E-state index contributed by atoms with van der Waals surface area (Å²) in [4.78, 5) is 15.4. The number of aliphatic hydroxyl groups excluding tert-OH is 1. The summed E-state index contributed by atoms with van der Waals surface area (Å²) < 4.78 is 0. The van der Waals surface area contributed by atoms with E-state index in [1.807, 2.05) is 0 Å². The Balaban J connectivity index is 1.89. The van der Waals surface area contributed by atoms with E-state index in [4.69, 9.17) is 5.73 Å². The van der Waals surface area contributed by atoms with Crippen LogP contribution in [0.15, 0.2) is 12.3 Å². The molecular formula is C15H22N6O. The lowest BCUT2D eigenvalue weighted by molar-refractivity contribution is 0.201. The second-order valence-corrected chi connectivity index (χ2v) is 5.93. The van der Waals surface area contributed by atoms with Gasteiger partial charge in [-0.1, -0.05) is 0 Å². The molecular weight excluding hydrogens is 280 g/mol. The smallest absolute Gasteiger partial charge is 0.226 e. The highest BCUT2D eigenvalue weighted by molar-refractivity contribution is 5.89. The van der Waals surface area contributed by atoms with Crippen LogP contribution in [0.25, 0.3) is 11.0 Å². The van der Waals surface area contributed by atoms with Gasteiger partial charge in [0.1, 0.15) is 5.82 Å². The summed E-state index contributed by atoms with van der Waals surface area (Å²) in [5, 5.41) is 13.8. The van der Waals surface area contributed by atoms with Crippen molar-refractivity contribution in [2.45, 2.75) is 31.9 Å². The number of piperidine rings is 1. The summed E-state index contributed by atoms with van der Waals surface area (Å²) in [7, 11) is 2.13. The molecule has 1 saturated heterocycles. The second-order valence-electron chi connectivity index (χ2n) is 5.93. The summed E-state index contributed by atoms with van der Waals surface area (Å²) in [5.74, 6) is 0.860. The van der Waals surface area contributed by atoms with Crippen molar-refractivity contribution < 1.29 is 5.11 Å². The Kier molecular flexibility index (Phi) is 4.08. The molecule has 0 aromatic carbocycles. The molecule has 0 aliphatic carbocycles. The standard InChI is InChI=1S/C15H22N6O/c1-9(22)11-3-6-17-14-12(11)13(16)19-15(20-14)18-10-4-7-21(2)8-5-10/h3,6,9-10,22H,4-5,7-8H2,1-2H3,(H3,16,17,18,19,20). The Bertz CT molecular complexity index is 666. The van der Waals surface area contributed by atoms with Crippen LogP contribution in [0.1, 0.15) is 31.4 Å². The van der Waals surface area contributed by atoms with Crippen LogP contribution < -0.4 is 11.1 Å². The molecule has 22 heavy (non-hydrogen) atoms. The van der Waals surface area contributed by atoms with E-state index < -0.39 is 6.10 Å². The van der Waals surface area contributed by atoms with Gasteiger partial charge in [-0.05, 0) is 51.5 Å². The number of aliphatic hydroxyl groups is 1. The number of hydrogen-bond donors (Lipinski definition) is 3. The van der Waals surface area contributed by atoms with Crippen molar-refractivity contribution in [3.05, 3.63) is 17.8 Å². The number of pyridine rings is 1. The van der Waals surface area contributed by atoms with Gasteiger partial charge >= 0.3 is 0 Å². The van der Waals surface area contributed by atoms with Gasteiger partial charge in [0.15, 0.2) is 5.65 Å². The van der Waals surface area contributed by atoms with Crippen LogP contribution in [0.4, 0.5) is 11.8 Å². The molecule has 0 bridgehead atoms. The SMILES string of the molecule is CC(O)c1ccnc2nc(NC3CCN(C)CC3)nc(N)c12. The summed E-state index contributed by atoms with van der Waals surface area (Å²) in [6, 6.07) is 2.10. The number of nitrogen functional groups attached to an aromatic ring is 1. The minimum Gasteiger partial charge on any atom is -0.389 e. The topological polar surface area (TPSA) is 100 Å². The van der Waals surface area contributed by atoms with Crippen LogP contribution in [0.5, 0.6) is 0 Å². The second kappa shape index (κ2) is 6.02. The maximum Gasteiger partial charge on any atom is 0.226 e. The third-order valence-electron chi connectivity index (χ3n) is 4.16. The number of likely N-dealkylation sites (tertiary alicyclic amines) is 1. The van der Waals surface area contributed by atoms with Gasteiger partial charge in [0.05, 0.1) is 11.5 Å². The van der Waals surface area contributed by atoms with E-state index in [2.05, 4.69) is 32.2 Å². The maximum absolute atomic E-state index is 9.84. The van der Waals surface area contributed by atoms with E-state index in [0.29, 0.717) is 34.4 Å². The minimum atomic E-state index is -0.635. The highest BCUT2D eigenvalue weighted by atomic mass is 16.3. The van der Waals surface area contributed by atoms with Crippen molar-refractivity contribution >= 4 is 22.8 Å². The van der Waals surface area contributed by atoms with Gasteiger partial charge < -0.3 is 21.1 Å². The van der Waals surface area contributed by atoms with E-state index in [1.54, 1.807) is 19.2 Å². The van der Waals surface area contributed by atoms with Crippen LogP contribution in [0.3, 0.4) is 0 Å². The van der Waals surface area contributed by atoms with Crippen LogP contribution in [-0.4, -0.2) is 51.1 Å². The normalized spacial score (nSPS) is 18.5. The summed E-state index contributed by atoms with van der Waals surface area (Å²) >= 11 is 0. The van der Waals surface area contributed by atoms with Gasteiger partial charge in [0.2, 0.25) is 5.95 Å². The zero-order chi connectivity index (χ0) is 15.7. The Morgan fingerprint density at radius 3 is 2.77 bits per heavy atom. The molecule has 1 aliphatic heterocycles. The van der Waals surface area contributed by atoms with Crippen molar-refractivity contribution in [3.63, 3.8) is 0 Å². The zero-order valence-electron chi connectivity index (χ0n) is 13.0. The van der Waals surface area contributed by atoms with Crippen molar-refractivity contribution in [1.29, 1.82) is 0 Å². The number of aromatic nitrogens is 3. The number of hydrogen-bond acceptors (Lipinski definition) is 7. The Labute approximate surface area is 129 Å². The molecule has 0 radical (unpaired) electrons. The number of nitrogens with zero attached hydrogens (tertiary/aromatic N) is 4. The fourth-order valence-corrected chi connectivity index (χ4v) is 2.86. The van der Waals surface area contributed by atoms with Crippen LogP contribution in [0.2, 0.25) is 0 Å². The highest BCUT2D eigenvalue weighted by Crippen LogP contribution is 2.27. The predicted molar refractivity (Wildman–Crippen MR) is 86.5 cm³/mol. The van der Waals surface area contributed by atoms with E-state index in [9.17, 15) is 5.11 Å². The van der Waals surface area contributed by atoms with Gasteiger partial charge in [-0.3, -0.25) is 0 Å². The van der Waals surface area contributed by atoms with Gasteiger partial charge in [-0.25, -0.2) is 4.98 Å². The first kappa shape index (κ1) is 14.9. The van der Waals surface area contributed by atoms with E-state index in [0.717, 1.165) is 25.9 Å². The first-order valence-electron chi connectivity index (χ1n) is 7.60. The average Bonchev–Trinajstić information content (AvgIpc) is 2.49. The molecule has 1 atom stereocenters. The fraction of sp³-hybridized carbons (Fsp3) is 0.533. The Hall–Kier alpha value is -1.99. The van der Waals surface area contributed by atoms with Gasteiger partial charge in [0, 0.05) is 12.2 Å². The molecule has 4 N–H and O–H groups in total. The molecule has 2 aromatic rings. The molecule has 0 saturated carbocycles. The zero-order valence-corrected chi connectivity index (χ0v) is 13.0. The molecule has 0 spiro atoms. The number of nitrogens with one attached hydrogen (secondary N) is 1. The van der Waals surface area contributed by atoms with E-state index >= 15 is 0 Å². The summed E-state index contributed by atoms with van der Waals surface area (Å²) in [5.41, 5.74) is 7.29. The molecule has 1 fully saturated rings. The lowest BCUT2D eigenvalue weighted by atomic mass is 10.1. The lowest BCUT2D eigenvalue weighted by Gasteiger charge is -2.29. The first-order valence-corrected chi connectivity index (χ1v) is 7.60. The largest absolute Gasteiger partial charge is 0.389 e. The maximum atomic E-state index is 9.84. The molecule has 1 aliphatic rings. The van der Waals surface area contributed by atoms with E-state index in [1.165, 1.54) is 0 Å². The average molecular weight is 302 g/mol. The molecule has 2 aromatic heterocycles. The van der Waals surface area contributed by atoms with Crippen molar-refractivity contribution in [2.24, 2.45) is 0 Å². The molecule has 3 heterocycles. The molecule has 1 unspecified atom stereocenters. The highest BCUT2D eigenvalue weighted by Gasteiger charge is 2.19. The quantitative estimate of drug-likeness (QED) is 0.782. The number of fused-ring (bicyclic) bond motifs is 1. The van der Waals surface area contributed by atoms with Gasteiger partial charge in [-0.2, -0.15) is 9.97 Å². The molecule has 118 valence electrons. The predicted octanol–water partition coefficient (Wildman–Crippen LogP) is 1.17. The Morgan fingerprint density at radius 2 is 2.09 bits per heavy atom. The lowest BCUT2D eigenvalue weighted by Crippen LogP contribution is -2.37. The van der Waals surface area contributed by atoms with E-state index in [-0.39, 0.29) is 0 Å². The van der Waals surface area contributed by atoms with Crippen LogP contribution in [0, 0.1) is 0 Å². The summed E-state index contributed by atoms with van der Waals surface area (Å²) in [6.45, 7) is 3.81. The molecule has 0 amide bonds. The van der Waals surface area contributed by atoms with Crippen molar-refractivity contribution in [2.75, 3.05) is 31.2 Å².